The van der Waals surface area contributed by atoms with Crippen molar-refractivity contribution in [3.05, 3.63) is 88.0 Å². The fourth-order valence-corrected chi connectivity index (χ4v) is 4.86. The van der Waals surface area contributed by atoms with Crippen LogP contribution in [0.1, 0.15) is 58.2 Å². The van der Waals surface area contributed by atoms with E-state index in [-0.39, 0.29) is 24.2 Å². The van der Waals surface area contributed by atoms with Crippen LogP contribution in [0.4, 0.5) is 0 Å². The predicted molar refractivity (Wildman–Crippen MR) is 121 cm³/mol. The second-order valence-corrected chi connectivity index (χ2v) is 8.57. The van der Waals surface area contributed by atoms with Crippen molar-refractivity contribution in [1.82, 2.24) is 0 Å². The number of phenolic OH excluding ortho intramolecular Hbond substituents is 1. The molecule has 3 aromatic rings. The third-order valence-electron chi connectivity index (χ3n) is 6.47. The van der Waals surface area contributed by atoms with Gasteiger partial charge in [0.1, 0.15) is 23.4 Å². The van der Waals surface area contributed by atoms with Crippen LogP contribution in [-0.4, -0.2) is 22.8 Å². The first-order valence-corrected chi connectivity index (χ1v) is 11.0. The van der Waals surface area contributed by atoms with Crippen LogP contribution >= 0.6 is 0 Å². The van der Waals surface area contributed by atoms with Crippen LogP contribution in [0.5, 0.6) is 17.2 Å². The number of rotatable bonds is 6. The van der Waals surface area contributed by atoms with Crippen LogP contribution in [0.25, 0.3) is 0 Å². The highest BCUT2D eigenvalue weighted by molar-refractivity contribution is 5.68. The highest BCUT2D eigenvalue weighted by atomic mass is 16.5. The van der Waals surface area contributed by atoms with Crippen LogP contribution in [0.15, 0.2) is 54.6 Å². The van der Waals surface area contributed by atoms with Gasteiger partial charge in [0.25, 0.3) is 0 Å². The molecule has 0 radical (unpaired) electrons. The van der Waals surface area contributed by atoms with Gasteiger partial charge in [-0.05, 0) is 65.8 Å². The van der Waals surface area contributed by atoms with Gasteiger partial charge in [-0.3, -0.25) is 4.79 Å². The Balaban J connectivity index is 1.39. The van der Waals surface area contributed by atoms with Crippen LogP contribution in [0.3, 0.4) is 0 Å². The first-order valence-electron chi connectivity index (χ1n) is 11.0. The molecule has 2 N–H and O–H groups in total. The number of nitrogens with zero attached hydrogens (tertiary/aromatic N) is 1. The monoisotopic (exact) mass is 441 g/mol. The van der Waals surface area contributed by atoms with E-state index in [1.807, 2.05) is 42.5 Å². The Kier molecular flexibility index (Phi) is 5.39. The molecule has 166 valence electrons. The average Bonchev–Trinajstić information content (AvgIpc) is 3.39. The van der Waals surface area contributed by atoms with Gasteiger partial charge in [-0.1, -0.05) is 24.3 Å². The summed E-state index contributed by atoms with van der Waals surface area (Å²) in [6.07, 6.45) is 2.18. The van der Waals surface area contributed by atoms with Crippen molar-refractivity contribution >= 4 is 5.97 Å². The lowest BCUT2D eigenvalue weighted by Gasteiger charge is -2.17. The Hall–Kier alpha value is -3.98. The van der Waals surface area contributed by atoms with Crippen molar-refractivity contribution in [2.45, 2.75) is 37.7 Å². The van der Waals surface area contributed by atoms with Crippen molar-refractivity contribution in [1.29, 1.82) is 5.26 Å². The molecular formula is C27H23NO5. The van der Waals surface area contributed by atoms with Crippen molar-refractivity contribution in [2.75, 3.05) is 6.61 Å². The molecule has 2 aliphatic rings. The number of aliphatic carboxylic acids is 1. The summed E-state index contributed by atoms with van der Waals surface area (Å²) >= 11 is 0. The normalized spacial score (nSPS) is 18.2. The third-order valence-corrected chi connectivity index (χ3v) is 6.47. The Morgan fingerprint density at radius 2 is 1.91 bits per heavy atom. The van der Waals surface area contributed by atoms with E-state index >= 15 is 0 Å². The van der Waals surface area contributed by atoms with Crippen LogP contribution < -0.4 is 9.47 Å². The van der Waals surface area contributed by atoms with E-state index in [0.717, 1.165) is 40.7 Å². The number of carbonyl (C=O) groups is 1. The highest BCUT2D eigenvalue weighted by Crippen LogP contribution is 2.42. The zero-order valence-electron chi connectivity index (χ0n) is 18.0. The number of phenols is 1. The van der Waals surface area contributed by atoms with Gasteiger partial charge in [-0.15, -0.1) is 0 Å². The van der Waals surface area contributed by atoms with Crippen LogP contribution in [-0.2, 0) is 17.6 Å². The Morgan fingerprint density at radius 3 is 2.67 bits per heavy atom. The summed E-state index contributed by atoms with van der Waals surface area (Å²) in [5.74, 6) is 0.625. The van der Waals surface area contributed by atoms with Crippen LogP contribution in [0, 0.1) is 11.3 Å². The average molecular weight is 441 g/mol. The maximum atomic E-state index is 11.1. The number of hydrogen-bond donors (Lipinski definition) is 2. The molecule has 0 bridgehead atoms. The minimum atomic E-state index is -0.834. The van der Waals surface area contributed by atoms with Crippen molar-refractivity contribution in [3.8, 4) is 23.3 Å². The molecular weight excluding hydrogens is 418 g/mol. The van der Waals surface area contributed by atoms with Gasteiger partial charge in [0.2, 0.25) is 0 Å². The van der Waals surface area contributed by atoms with Gasteiger partial charge in [-0.25, -0.2) is 0 Å². The molecule has 3 aromatic carbocycles. The van der Waals surface area contributed by atoms with Gasteiger partial charge >= 0.3 is 5.97 Å². The van der Waals surface area contributed by atoms with Gasteiger partial charge in [-0.2, -0.15) is 5.26 Å². The number of hydrogen-bond acceptors (Lipinski definition) is 5. The number of carboxylic acid groups (broad SMARTS) is 1. The van der Waals surface area contributed by atoms with E-state index in [0.29, 0.717) is 30.1 Å². The number of ether oxygens (including phenoxy) is 2. The lowest BCUT2D eigenvalue weighted by Crippen LogP contribution is -2.07. The molecule has 33 heavy (non-hydrogen) atoms. The number of carboxylic acids is 1. The molecule has 0 amide bonds. The van der Waals surface area contributed by atoms with Gasteiger partial charge in [0.15, 0.2) is 0 Å². The number of benzene rings is 3. The Bertz CT molecular complexity index is 1260. The lowest BCUT2D eigenvalue weighted by atomic mass is 9.92. The fraction of sp³-hybridized carbons (Fsp3) is 0.259. The molecule has 0 unspecified atom stereocenters. The van der Waals surface area contributed by atoms with E-state index in [4.69, 9.17) is 14.6 Å². The van der Waals surface area contributed by atoms with E-state index in [1.165, 1.54) is 0 Å². The highest BCUT2D eigenvalue weighted by Gasteiger charge is 2.30. The molecule has 0 saturated heterocycles. The zero-order chi connectivity index (χ0) is 22.9. The molecule has 0 aromatic heterocycles. The molecule has 0 spiro atoms. The number of nitriles is 1. The smallest absolute Gasteiger partial charge is 0.304 e. The molecule has 1 aliphatic heterocycles. The van der Waals surface area contributed by atoms with Crippen molar-refractivity contribution in [2.24, 2.45) is 0 Å². The summed E-state index contributed by atoms with van der Waals surface area (Å²) in [6.45, 7) is 0.370. The Morgan fingerprint density at radius 1 is 1.12 bits per heavy atom. The largest absolute Gasteiger partial charge is 0.508 e. The fourth-order valence-electron chi connectivity index (χ4n) is 4.86. The SMILES string of the molecule is N#Cc1ccc2c(c1Cc1ccc(O)cc1)CC[C@H]2Oc1ccc2c(c1)OC[C@H]2CC(=O)O. The van der Waals surface area contributed by atoms with Crippen LogP contribution in [0.2, 0.25) is 0 Å². The van der Waals surface area contributed by atoms with E-state index < -0.39 is 5.97 Å². The maximum absolute atomic E-state index is 11.1. The summed E-state index contributed by atoms with van der Waals surface area (Å²) in [5.41, 5.74) is 5.87. The van der Waals surface area contributed by atoms with E-state index in [1.54, 1.807) is 12.1 Å². The van der Waals surface area contributed by atoms with Crippen molar-refractivity contribution in [3.63, 3.8) is 0 Å². The molecule has 1 aliphatic carbocycles. The minimum absolute atomic E-state index is 0.0498. The topological polar surface area (TPSA) is 99.8 Å². The molecule has 5 rings (SSSR count). The quantitative estimate of drug-likeness (QED) is 0.566. The molecule has 1 heterocycles. The lowest BCUT2D eigenvalue weighted by molar-refractivity contribution is -0.137. The molecule has 6 heteroatoms. The predicted octanol–water partition coefficient (Wildman–Crippen LogP) is 4.87. The molecule has 6 nitrogen and oxygen atoms in total. The standard InChI is InChI=1S/C27H23NO5/c28-14-17-3-7-23-22(24(17)11-16-1-4-19(29)5-2-16)9-10-25(23)33-20-6-8-21-18(12-27(30)31)15-32-26(21)13-20/h1-8,13,18,25,29H,9-12,15H2,(H,30,31)/t18-,25-/m1/s1. The minimum Gasteiger partial charge on any atom is -0.508 e. The van der Waals surface area contributed by atoms with Crippen molar-refractivity contribution < 1.29 is 24.5 Å². The second-order valence-electron chi connectivity index (χ2n) is 8.57. The Labute approximate surface area is 191 Å². The third kappa shape index (κ3) is 4.10. The summed E-state index contributed by atoms with van der Waals surface area (Å²) in [7, 11) is 0. The first kappa shape index (κ1) is 20.9. The summed E-state index contributed by atoms with van der Waals surface area (Å²) < 4.78 is 12.0. The van der Waals surface area contributed by atoms with E-state index in [9.17, 15) is 15.2 Å². The summed E-state index contributed by atoms with van der Waals surface area (Å²) in [5, 5.41) is 28.3. The summed E-state index contributed by atoms with van der Waals surface area (Å²) in [4.78, 5) is 11.1. The van der Waals surface area contributed by atoms with Gasteiger partial charge in [0.05, 0.1) is 24.7 Å². The number of fused-ring (bicyclic) bond motifs is 2. The maximum Gasteiger partial charge on any atom is 0.304 e. The second kappa shape index (κ2) is 8.51. The van der Waals surface area contributed by atoms with Gasteiger partial charge < -0.3 is 19.7 Å². The first-order chi connectivity index (χ1) is 16.0. The zero-order valence-corrected chi connectivity index (χ0v) is 18.0. The van der Waals surface area contributed by atoms with Gasteiger partial charge in [0, 0.05) is 17.5 Å². The summed E-state index contributed by atoms with van der Waals surface area (Å²) in [6, 6.07) is 18.9. The molecule has 2 atom stereocenters. The molecule has 0 saturated carbocycles. The van der Waals surface area contributed by atoms with E-state index in [2.05, 4.69) is 6.07 Å². The number of aromatic hydroxyl groups is 1. The molecule has 0 fully saturated rings.